The Hall–Kier alpha value is -1.49. The molecule has 1 aromatic rings. The van der Waals surface area contributed by atoms with E-state index in [0.29, 0.717) is 0 Å². The van der Waals surface area contributed by atoms with E-state index in [0.717, 1.165) is 0 Å². The summed E-state index contributed by atoms with van der Waals surface area (Å²) >= 11 is 6.71. The fourth-order valence-electron chi connectivity index (χ4n) is 3.21. The van der Waals surface area contributed by atoms with E-state index in [1.54, 1.807) is 27.7 Å². The zero-order valence-corrected chi connectivity index (χ0v) is 18.8. The van der Waals surface area contributed by atoms with E-state index < -0.39 is 42.8 Å². The Bertz CT molecular complexity index is 908. The minimum Gasteiger partial charge on any atom is -0.464 e. The first kappa shape index (κ1) is 23.2. The summed E-state index contributed by atoms with van der Waals surface area (Å²) in [5.41, 5.74) is 4.90. The van der Waals surface area contributed by atoms with Gasteiger partial charge in [-0.1, -0.05) is 13.8 Å². The average Bonchev–Trinajstić information content (AvgIpc) is 2.89. The molecule has 0 amide bonds. The highest BCUT2D eigenvalue weighted by molar-refractivity contribution is 7.51. The molecule has 3 rings (SSSR count). The second kappa shape index (κ2) is 8.57. The minimum atomic E-state index is -3.77. The summed E-state index contributed by atoms with van der Waals surface area (Å²) in [6, 6.07) is 0.947. The highest BCUT2D eigenvalue weighted by Crippen LogP contribution is 2.57. The molecule has 168 valence electrons. The second-order valence-corrected chi connectivity index (χ2v) is 10.4. The molecule has 2 fully saturated rings. The number of alkyl halides is 1. The van der Waals surface area contributed by atoms with Gasteiger partial charge < -0.3 is 15.2 Å². The molecule has 0 aliphatic carbocycles. The summed E-state index contributed by atoms with van der Waals surface area (Å²) in [5.74, 6) is -0.564. The van der Waals surface area contributed by atoms with Crippen LogP contribution in [0, 0.1) is 5.92 Å². The fourth-order valence-corrected chi connectivity index (χ4v) is 5.42. The number of carbonyl (C=O) groups is 1. The van der Waals surface area contributed by atoms with Crippen LogP contribution in [0.15, 0.2) is 17.1 Å². The van der Waals surface area contributed by atoms with Crippen LogP contribution in [0.1, 0.15) is 33.9 Å². The number of hydrogen-bond acceptors (Lipinski definition) is 9. The van der Waals surface area contributed by atoms with Gasteiger partial charge in [0, 0.05) is 12.2 Å². The monoisotopic (exact) mass is 464 g/mol. The highest BCUT2D eigenvalue weighted by Gasteiger charge is 2.59. The lowest BCUT2D eigenvalue weighted by Gasteiger charge is -2.36. The van der Waals surface area contributed by atoms with Crippen molar-refractivity contribution in [2.45, 2.75) is 57.0 Å². The Labute approximate surface area is 178 Å². The lowest BCUT2D eigenvalue weighted by molar-refractivity contribution is -0.147. The lowest BCUT2D eigenvalue weighted by atomic mass is 10.0. The van der Waals surface area contributed by atoms with Crippen LogP contribution < -0.4 is 16.5 Å². The Balaban J connectivity index is 1.71. The van der Waals surface area contributed by atoms with Gasteiger partial charge in [0.1, 0.15) is 29.5 Å². The maximum absolute atomic E-state index is 13.1. The van der Waals surface area contributed by atoms with Crippen LogP contribution in [-0.2, 0) is 27.9 Å². The van der Waals surface area contributed by atoms with Gasteiger partial charge in [-0.05, 0) is 19.9 Å². The first-order chi connectivity index (χ1) is 13.9. The maximum atomic E-state index is 13.1. The Morgan fingerprint density at radius 3 is 2.87 bits per heavy atom. The van der Waals surface area contributed by atoms with Gasteiger partial charge in [-0.25, -0.2) is 14.4 Å². The number of nitrogens with zero attached hydrogens (tertiary/aromatic N) is 2. The molecule has 0 spiro atoms. The number of fused-ring (bicyclic) bond motifs is 1. The molecule has 2 saturated heterocycles. The first-order valence-electron chi connectivity index (χ1n) is 9.49. The maximum Gasteiger partial charge on any atom is 0.406 e. The second-order valence-electron chi connectivity index (χ2n) is 7.85. The van der Waals surface area contributed by atoms with Gasteiger partial charge in [0.15, 0.2) is 6.23 Å². The standard InChI is InChI=1S/C17H26ClN4O7P/c1-9(2)14(23)26-7-10(3)21-30(25)27-8-11-13(29-30)17(4,18)15(28-11)22-6-5-12(19)20-16(22)24/h5-6,9-11,13,15H,7-8H2,1-4H3,(H,21,25)(H2,19,20,24)/t10?,11-,13-,15-,17-,30?/m1/s1. The van der Waals surface area contributed by atoms with Gasteiger partial charge >= 0.3 is 19.4 Å². The molecule has 0 aromatic carbocycles. The number of esters is 1. The SMILES string of the molecule is CC(COC(=O)C(C)C)NP1(=O)OC[C@H]2O[C@@H](n3ccc(N)nc3=O)[C@](C)(Cl)[C@@H]2O1. The normalized spacial score (nSPS) is 34.5. The van der Waals surface area contributed by atoms with Crippen molar-refractivity contribution in [3.63, 3.8) is 0 Å². The number of rotatable bonds is 6. The summed E-state index contributed by atoms with van der Waals surface area (Å²) < 4.78 is 36.4. The molecule has 0 radical (unpaired) electrons. The number of hydrogen-bond donors (Lipinski definition) is 2. The number of carbonyl (C=O) groups excluding carboxylic acids is 1. The van der Waals surface area contributed by atoms with Crippen molar-refractivity contribution in [2.75, 3.05) is 18.9 Å². The molecular weight excluding hydrogens is 439 g/mol. The molecule has 2 unspecified atom stereocenters. The molecule has 2 aliphatic rings. The molecule has 1 aromatic heterocycles. The van der Waals surface area contributed by atoms with Crippen molar-refractivity contribution in [3.8, 4) is 0 Å². The predicted octanol–water partition coefficient (Wildman–Crippen LogP) is 1.42. The number of nitrogen functional groups attached to an aromatic ring is 1. The third-order valence-electron chi connectivity index (χ3n) is 4.77. The molecule has 0 saturated carbocycles. The quantitative estimate of drug-likeness (QED) is 0.360. The molecule has 11 nitrogen and oxygen atoms in total. The Kier molecular flexibility index (Phi) is 6.62. The van der Waals surface area contributed by atoms with Gasteiger partial charge in [0.25, 0.3) is 0 Å². The number of anilines is 1. The largest absolute Gasteiger partial charge is 0.464 e. The van der Waals surface area contributed by atoms with Crippen LogP contribution in [0.4, 0.5) is 5.82 Å². The van der Waals surface area contributed by atoms with E-state index >= 15 is 0 Å². The number of nitrogens with one attached hydrogen (secondary N) is 1. The zero-order chi connectivity index (χ0) is 22.3. The van der Waals surface area contributed by atoms with Gasteiger partial charge in [-0.15, -0.1) is 11.6 Å². The van der Waals surface area contributed by atoms with E-state index in [2.05, 4.69) is 10.1 Å². The van der Waals surface area contributed by atoms with E-state index in [1.165, 1.54) is 16.8 Å². The van der Waals surface area contributed by atoms with Crippen LogP contribution in [0.2, 0.25) is 0 Å². The highest BCUT2D eigenvalue weighted by atomic mass is 35.5. The third-order valence-corrected chi connectivity index (χ3v) is 6.92. The summed E-state index contributed by atoms with van der Waals surface area (Å²) in [5, 5.41) is 2.74. The van der Waals surface area contributed by atoms with Crippen molar-refractivity contribution in [1.82, 2.24) is 14.6 Å². The third kappa shape index (κ3) is 4.71. The molecule has 3 heterocycles. The molecule has 0 bridgehead atoms. The zero-order valence-electron chi connectivity index (χ0n) is 17.1. The van der Waals surface area contributed by atoms with Crippen molar-refractivity contribution in [2.24, 2.45) is 5.92 Å². The van der Waals surface area contributed by atoms with Crippen molar-refractivity contribution in [3.05, 3.63) is 22.7 Å². The molecule has 13 heteroatoms. The number of halogens is 1. The predicted molar refractivity (Wildman–Crippen MR) is 108 cm³/mol. The van der Waals surface area contributed by atoms with Gasteiger partial charge in [-0.3, -0.25) is 18.4 Å². The summed E-state index contributed by atoms with van der Waals surface area (Å²) in [7, 11) is -3.77. The number of nitrogens with two attached hydrogens (primary N) is 1. The van der Waals surface area contributed by atoms with Crippen LogP contribution in [0.3, 0.4) is 0 Å². The molecule has 30 heavy (non-hydrogen) atoms. The summed E-state index contributed by atoms with van der Waals surface area (Å²) in [6.07, 6.45) is -1.00. The minimum absolute atomic E-state index is 0.00835. The van der Waals surface area contributed by atoms with E-state index in [9.17, 15) is 14.2 Å². The number of ether oxygens (including phenoxy) is 2. The molecule has 6 atom stereocenters. The van der Waals surface area contributed by atoms with Crippen LogP contribution >= 0.6 is 19.3 Å². The van der Waals surface area contributed by atoms with E-state index in [1.807, 2.05) is 0 Å². The van der Waals surface area contributed by atoms with Gasteiger partial charge in [0.2, 0.25) is 0 Å². The van der Waals surface area contributed by atoms with Crippen molar-refractivity contribution in [1.29, 1.82) is 0 Å². The first-order valence-corrected chi connectivity index (χ1v) is 11.4. The fraction of sp³-hybridized carbons (Fsp3) is 0.706. The van der Waals surface area contributed by atoms with Gasteiger partial charge in [-0.2, -0.15) is 4.98 Å². The lowest BCUT2D eigenvalue weighted by Crippen LogP contribution is -2.47. The molecule has 2 aliphatic heterocycles. The van der Waals surface area contributed by atoms with Crippen molar-refractivity contribution >= 4 is 31.1 Å². The summed E-state index contributed by atoms with van der Waals surface area (Å²) in [6.45, 7) is 6.66. The van der Waals surface area contributed by atoms with Crippen LogP contribution in [0.25, 0.3) is 0 Å². The van der Waals surface area contributed by atoms with E-state index in [4.69, 9.17) is 35.9 Å². The van der Waals surface area contributed by atoms with Crippen LogP contribution in [0.5, 0.6) is 0 Å². The Morgan fingerprint density at radius 1 is 1.53 bits per heavy atom. The van der Waals surface area contributed by atoms with E-state index in [-0.39, 0.29) is 30.9 Å². The topological polar surface area (TPSA) is 144 Å². The van der Waals surface area contributed by atoms with Crippen molar-refractivity contribution < 1.29 is 27.9 Å². The summed E-state index contributed by atoms with van der Waals surface area (Å²) in [4.78, 5) is 26.3. The molecule has 3 N–H and O–H groups in total. The Morgan fingerprint density at radius 2 is 2.23 bits per heavy atom. The number of aromatic nitrogens is 2. The van der Waals surface area contributed by atoms with Crippen LogP contribution in [-0.4, -0.2) is 51.9 Å². The van der Waals surface area contributed by atoms with Gasteiger partial charge in [0.05, 0.1) is 12.5 Å². The average molecular weight is 465 g/mol. The smallest absolute Gasteiger partial charge is 0.406 e. The molecular formula is C17H26ClN4O7P.